The van der Waals surface area contributed by atoms with Crippen LogP contribution in [0.25, 0.3) is 0 Å². The molecule has 2 N–H and O–H groups in total. The zero-order valence-corrected chi connectivity index (χ0v) is 7.34. The van der Waals surface area contributed by atoms with Crippen LogP contribution in [0.4, 0.5) is 0 Å². The van der Waals surface area contributed by atoms with E-state index < -0.39 is 6.10 Å². The Morgan fingerprint density at radius 2 is 2.15 bits per heavy atom. The van der Waals surface area contributed by atoms with Gasteiger partial charge < -0.3 is 14.9 Å². The van der Waals surface area contributed by atoms with Crippen molar-refractivity contribution in [2.24, 2.45) is 0 Å². The van der Waals surface area contributed by atoms with Crippen LogP contribution >= 0.6 is 0 Å². The molecule has 1 aromatic heterocycles. The van der Waals surface area contributed by atoms with Crippen molar-refractivity contribution in [3.05, 3.63) is 18.1 Å². The fourth-order valence-corrected chi connectivity index (χ4v) is 0.764. The quantitative estimate of drug-likeness (QED) is 0.660. The monoisotopic (exact) mass is 184 g/mol. The van der Waals surface area contributed by atoms with E-state index in [9.17, 15) is 0 Å². The highest BCUT2D eigenvalue weighted by molar-refractivity contribution is 5.14. The molecule has 0 aliphatic rings. The molecule has 0 spiro atoms. The molecule has 72 valence electrons. The van der Waals surface area contributed by atoms with E-state index in [-0.39, 0.29) is 13.2 Å². The van der Waals surface area contributed by atoms with E-state index in [0.29, 0.717) is 11.6 Å². The lowest BCUT2D eigenvalue weighted by atomic mass is 10.4. The van der Waals surface area contributed by atoms with Gasteiger partial charge in [0.05, 0.1) is 12.3 Å². The molecule has 0 unspecified atom stereocenters. The van der Waals surface area contributed by atoms with Crippen LogP contribution in [0.2, 0.25) is 0 Å². The third-order valence-corrected chi connectivity index (χ3v) is 1.46. The second kappa shape index (κ2) is 4.74. The number of aliphatic hydroxyl groups is 2. The van der Waals surface area contributed by atoms with E-state index in [0.717, 1.165) is 0 Å². The number of nitrogens with zero attached hydrogens (tertiary/aromatic N) is 2. The van der Waals surface area contributed by atoms with E-state index in [1.165, 1.54) is 6.20 Å². The largest absolute Gasteiger partial charge is 0.474 e. The molecule has 0 aliphatic carbocycles. The Labute approximate surface area is 76.0 Å². The lowest BCUT2D eigenvalue weighted by Gasteiger charge is -2.09. The molecule has 0 fully saturated rings. The summed E-state index contributed by atoms with van der Waals surface area (Å²) in [6, 6.07) is 0. The highest BCUT2D eigenvalue weighted by Gasteiger charge is 2.05. The van der Waals surface area contributed by atoms with Gasteiger partial charge in [-0.2, -0.15) is 0 Å². The molecular weight excluding hydrogens is 172 g/mol. The molecule has 13 heavy (non-hydrogen) atoms. The van der Waals surface area contributed by atoms with Crippen molar-refractivity contribution >= 4 is 0 Å². The van der Waals surface area contributed by atoms with Crippen molar-refractivity contribution in [3.63, 3.8) is 0 Å². The Hall–Kier alpha value is -1.20. The second-order valence-electron chi connectivity index (χ2n) is 2.59. The molecule has 0 saturated carbocycles. The predicted octanol–water partition coefficient (Wildman–Crippen LogP) is -0.483. The van der Waals surface area contributed by atoms with Gasteiger partial charge in [0, 0.05) is 12.4 Å². The van der Waals surface area contributed by atoms with Crippen molar-refractivity contribution in [2.75, 3.05) is 13.2 Å². The third kappa shape index (κ3) is 2.96. The number of aromatic nitrogens is 2. The first-order valence-electron chi connectivity index (χ1n) is 3.93. The maximum atomic E-state index is 8.99. The van der Waals surface area contributed by atoms with Crippen molar-refractivity contribution in [3.8, 4) is 5.88 Å². The van der Waals surface area contributed by atoms with Gasteiger partial charge in [0.15, 0.2) is 0 Å². The topological polar surface area (TPSA) is 75.5 Å². The van der Waals surface area contributed by atoms with Gasteiger partial charge in [-0.3, -0.25) is 4.98 Å². The van der Waals surface area contributed by atoms with Crippen LogP contribution in [0.3, 0.4) is 0 Å². The molecule has 5 heteroatoms. The Balaban J connectivity index is 2.50. The number of aryl methyl sites for hydroxylation is 1. The van der Waals surface area contributed by atoms with Crippen LogP contribution in [0.1, 0.15) is 5.69 Å². The average molecular weight is 184 g/mol. The minimum Gasteiger partial charge on any atom is -0.474 e. The zero-order valence-electron chi connectivity index (χ0n) is 7.34. The average Bonchev–Trinajstić information content (AvgIpc) is 2.16. The molecule has 5 nitrogen and oxygen atoms in total. The Bertz CT molecular complexity index is 267. The Kier molecular flexibility index (Phi) is 3.60. The van der Waals surface area contributed by atoms with Crippen LogP contribution in [0, 0.1) is 6.92 Å². The summed E-state index contributed by atoms with van der Waals surface area (Å²) in [6.45, 7) is 1.46. The standard InChI is InChI=1S/C8H12N2O3/c1-6-8(10-3-2-9-6)13-5-7(12)4-11/h2-3,7,11-12H,4-5H2,1H3/t7-/m0/s1. The predicted molar refractivity (Wildman–Crippen MR) is 45.4 cm³/mol. The van der Waals surface area contributed by atoms with E-state index in [4.69, 9.17) is 14.9 Å². The summed E-state index contributed by atoms with van der Waals surface area (Å²) in [5.74, 6) is 0.384. The highest BCUT2D eigenvalue weighted by atomic mass is 16.5. The van der Waals surface area contributed by atoms with Gasteiger partial charge in [-0.05, 0) is 6.92 Å². The van der Waals surface area contributed by atoms with Gasteiger partial charge in [-0.15, -0.1) is 0 Å². The summed E-state index contributed by atoms with van der Waals surface area (Å²) in [6.07, 6.45) is 2.19. The summed E-state index contributed by atoms with van der Waals surface area (Å²) in [4.78, 5) is 7.86. The molecule has 1 rings (SSSR count). The fraction of sp³-hybridized carbons (Fsp3) is 0.500. The number of aliphatic hydroxyl groups excluding tert-OH is 2. The minimum absolute atomic E-state index is 0.0238. The van der Waals surface area contributed by atoms with E-state index in [1.807, 2.05) is 0 Å². The summed E-state index contributed by atoms with van der Waals surface area (Å²) < 4.78 is 5.11. The first-order valence-corrected chi connectivity index (χ1v) is 3.93. The zero-order chi connectivity index (χ0) is 9.68. The first kappa shape index (κ1) is 9.88. The van der Waals surface area contributed by atoms with Crippen LogP contribution in [0.15, 0.2) is 12.4 Å². The molecule has 0 saturated heterocycles. The summed E-state index contributed by atoms with van der Waals surface area (Å²) in [5, 5.41) is 17.5. The molecule has 1 aromatic rings. The molecular formula is C8H12N2O3. The Morgan fingerprint density at radius 3 is 2.77 bits per heavy atom. The first-order chi connectivity index (χ1) is 6.24. The van der Waals surface area contributed by atoms with Crippen LogP contribution < -0.4 is 4.74 Å². The van der Waals surface area contributed by atoms with Crippen molar-refractivity contribution < 1.29 is 14.9 Å². The Morgan fingerprint density at radius 1 is 1.46 bits per heavy atom. The van der Waals surface area contributed by atoms with Crippen LogP contribution in [0.5, 0.6) is 5.88 Å². The molecule has 0 aromatic carbocycles. The van der Waals surface area contributed by atoms with Gasteiger partial charge in [0.1, 0.15) is 12.7 Å². The van der Waals surface area contributed by atoms with Gasteiger partial charge in [0.25, 0.3) is 0 Å². The smallest absolute Gasteiger partial charge is 0.235 e. The SMILES string of the molecule is Cc1nccnc1OC[C@@H](O)CO. The number of hydrogen-bond donors (Lipinski definition) is 2. The summed E-state index contributed by atoms with van der Waals surface area (Å²) >= 11 is 0. The maximum Gasteiger partial charge on any atom is 0.235 e. The van der Waals surface area contributed by atoms with Crippen molar-refractivity contribution in [2.45, 2.75) is 13.0 Å². The molecule has 1 heterocycles. The van der Waals surface area contributed by atoms with E-state index in [2.05, 4.69) is 9.97 Å². The summed E-state index contributed by atoms with van der Waals surface area (Å²) in [7, 11) is 0. The second-order valence-corrected chi connectivity index (χ2v) is 2.59. The molecule has 0 amide bonds. The maximum absolute atomic E-state index is 8.99. The normalized spacial score (nSPS) is 12.5. The lowest BCUT2D eigenvalue weighted by molar-refractivity contribution is 0.0517. The lowest BCUT2D eigenvalue weighted by Crippen LogP contribution is -2.21. The fourth-order valence-electron chi connectivity index (χ4n) is 0.764. The molecule has 0 bridgehead atoms. The van der Waals surface area contributed by atoms with Crippen molar-refractivity contribution in [1.82, 2.24) is 9.97 Å². The number of hydrogen-bond acceptors (Lipinski definition) is 5. The van der Waals surface area contributed by atoms with E-state index >= 15 is 0 Å². The van der Waals surface area contributed by atoms with Crippen LogP contribution in [-0.4, -0.2) is 39.5 Å². The highest BCUT2D eigenvalue weighted by Crippen LogP contribution is 2.08. The van der Waals surface area contributed by atoms with Gasteiger partial charge in [0.2, 0.25) is 5.88 Å². The van der Waals surface area contributed by atoms with Crippen LogP contribution in [-0.2, 0) is 0 Å². The van der Waals surface area contributed by atoms with Gasteiger partial charge >= 0.3 is 0 Å². The number of rotatable bonds is 4. The minimum atomic E-state index is -0.874. The molecule has 0 radical (unpaired) electrons. The summed E-state index contributed by atoms with van der Waals surface area (Å²) in [5.41, 5.74) is 0.660. The molecule has 1 atom stereocenters. The molecule has 0 aliphatic heterocycles. The number of ether oxygens (including phenoxy) is 1. The van der Waals surface area contributed by atoms with Gasteiger partial charge in [-0.25, -0.2) is 4.98 Å². The van der Waals surface area contributed by atoms with Crippen molar-refractivity contribution in [1.29, 1.82) is 0 Å². The van der Waals surface area contributed by atoms with Gasteiger partial charge in [-0.1, -0.05) is 0 Å². The van der Waals surface area contributed by atoms with E-state index in [1.54, 1.807) is 13.1 Å². The third-order valence-electron chi connectivity index (χ3n) is 1.46.